The number of aliphatic imine (C=N–C) groups is 1. The summed E-state index contributed by atoms with van der Waals surface area (Å²) < 4.78 is 20.1. The van der Waals surface area contributed by atoms with Gasteiger partial charge >= 0.3 is 5.97 Å². The summed E-state index contributed by atoms with van der Waals surface area (Å²) in [5.74, 6) is -0.645. The second-order valence-electron chi connectivity index (χ2n) is 6.86. The molecule has 26 heavy (non-hydrogen) atoms. The summed E-state index contributed by atoms with van der Waals surface area (Å²) in [5, 5.41) is 0. The zero-order valence-corrected chi connectivity index (χ0v) is 14.5. The fraction of sp³-hybridized carbons (Fsp3) is 0.333. The normalized spacial score (nSPS) is 25.1. The van der Waals surface area contributed by atoms with E-state index in [0.29, 0.717) is 11.6 Å². The lowest BCUT2D eigenvalue weighted by Gasteiger charge is -2.43. The molecule has 1 atom stereocenters. The lowest BCUT2D eigenvalue weighted by Crippen LogP contribution is -2.52. The smallest absolute Gasteiger partial charge is 0.358 e. The summed E-state index contributed by atoms with van der Waals surface area (Å²) in [7, 11) is 0. The minimum absolute atomic E-state index is 0.0192. The molecule has 5 rings (SSSR count). The van der Waals surface area contributed by atoms with Gasteiger partial charge in [0.15, 0.2) is 5.71 Å². The number of hydrogen-bond donors (Lipinski definition) is 0. The molecule has 0 saturated carbocycles. The van der Waals surface area contributed by atoms with Gasteiger partial charge in [-0.15, -0.1) is 0 Å². The number of nitrogens with zero attached hydrogens (tertiary/aromatic N) is 2. The first-order chi connectivity index (χ1) is 12.7. The zero-order chi connectivity index (χ0) is 17.9. The van der Waals surface area contributed by atoms with Crippen LogP contribution in [0, 0.1) is 11.7 Å². The van der Waals surface area contributed by atoms with Crippen LogP contribution >= 0.6 is 0 Å². The number of para-hydroxylation sites is 1. The first kappa shape index (κ1) is 16.9. The maximum Gasteiger partial charge on any atom is 0.358 e. The number of rotatable bonds is 4. The maximum atomic E-state index is 14.3. The van der Waals surface area contributed by atoms with Crippen molar-refractivity contribution >= 4 is 17.4 Å². The van der Waals surface area contributed by atoms with Crippen LogP contribution in [0.4, 0.5) is 10.1 Å². The van der Waals surface area contributed by atoms with E-state index in [2.05, 4.69) is 9.89 Å². The van der Waals surface area contributed by atoms with E-state index < -0.39 is 11.8 Å². The van der Waals surface area contributed by atoms with Crippen molar-refractivity contribution < 1.29 is 13.9 Å². The molecule has 3 saturated heterocycles. The Kier molecular flexibility index (Phi) is 4.80. The van der Waals surface area contributed by atoms with Crippen molar-refractivity contribution in [3.63, 3.8) is 0 Å². The highest BCUT2D eigenvalue weighted by Crippen LogP contribution is 2.30. The third kappa shape index (κ3) is 3.53. The van der Waals surface area contributed by atoms with E-state index in [1.165, 1.54) is 6.07 Å². The van der Waals surface area contributed by atoms with Crippen LogP contribution in [0.15, 0.2) is 59.6 Å². The number of carbonyl (C=O) groups is 1. The number of benzene rings is 2. The van der Waals surface area contributed by atoms with Crippen molar-refractivity contribution in [3.8, 4) is 0 Å². The topological polar surface area (TPSA) is 41.9 Å². The number of halogens is 1. The minimum Gasteiger partial charge on any atom is -0.456 e. The Morgan fingerprint density at radius 2 is 1.73 bits per heavy atom. The van der Waals surface area contributed by atoms with Gasteiger partial charge in [0.05, 0.1) is 5.69 Å². The summed E-state index contributed by atoms with van der Waals surface area (Å²) >= 11 is 0. The van der Waals surface area contributed by atoms with Gasteiger partial charge in [0, 0.05) is 12.1 Å². The Balaban J connectivity index is 1.63. The SMILES string of the molecule is O=C(O[C@H]1CN2CCC1CC2)/C(=N/c1ccccc1)c1ccccc1F. The molecule has 0 amide bonds. The molecule has 2 aromatic carbocycles. The quantitative estimate of drug-likeness (QED) is 0.624. The molecule has 0 aliphatic carbocycles. The minimum atomic E-state index is -0.558. The molecule has 0 radical (unpaired) electrons. The predicted molar refractivity (Wildman–Crippen MR) is 98.1 cm³/mol. The number of hydrogen-bond acceptors (Lipinski definition) is 4. The van der Waals surface area contributed by atoms with Crippen molar-refractivity contribution in [1.82, 2.24) is 4.90 Å². The molecule has 5 heteroatoms. The highest BCUT2D eigenvalue weighted by Gasteiger charge is 2.37. The summed E-state index contributed by atoms with van der Waals surface area (Å²) in [5.41, 5.74) is 0.782. The lowest BCUT2D eigenvalue weighted by atomic mass is 9.86. The number of carbonyl (C=O) groups excluding carboxylic acids is 1. The van der Waals surface area contributed by atoms with Crippen LogP contribution in [0.25, 0.3) is 0 Å². The van der Waals surface area contributed by atoms with Crippen LogP contribution in [-0.4, -0.2) is 42.3 Å². The first-order valence-electron chi connectivity index (χ1n) is 9.02. The van der Waals surface area contributed by atoms with E-state index in [0.717, 1.165) is 32.5 Å². The highest BCUT2D eigenvalue weighted by molar-refractivity contribution is 6.43. The van der Waals surface area contributed by atoms with Gasteiger partial charge in [-0.05, 0) is 56.1 Å². The van der Waals surface area contributed by atoms with Gasteiger partial charge in [-0.25, -0.2) is 14.2 Å². The second kappa shape index (κ2) is 7.38. The third-order valence-electron chi connectivity index (χ3n) is 5.17. The first-order valence-corrected chi connectivity index (χ1v) is 9.02. The van der Waals surface area contributed by atoms with Gasteiger partial charge in [0.1, 0.15) is 11.9 Å². The summed E-state index contributed by atoms with van der Waals surface area (Å²) in [6.45, 7) is 2.89. The van der Waals surface area contributed by atoms with Gasteiger partial charge in [0.2, 0.25) is 0 Å². The lowest BCUT2D eigenvalue weighted by molar-refractivity contribution is -0.150. The molecule has 3 heterocycles. The van der Waals surface area contributed by atoms with E-state index in [-0.39, 0.29) is 17.4 Å². The van der Waals surface area contributed by atoms with Crippen molar-refractivity contribution in [1.29, 1.82) is 0 Å². The molecule has 3 aliphatic heterocycles. The van der Waals surface area contributed by atoms with Crippen molar-refractivity contribution in [2.45, 2.75) is 18.9 Å². The van der Waals surface area contributed by atoms with Crippen LogP contribution in [0.3, 0.4) is 0 Å². The Hall–Kier alpha value is -2.53. The third-order valence-corrected chi connectivity index (χ3v) is 5.17. The standard InChI is InChI=1S/C21H21FN2O2/c22-18-9-5-4-8-17(18)20(23-16-6-2-1-3-7-16)21(25)26-19-14-24-12-10-15(19)11-13-24/h1-9,15,19H,10-14H2/b23-20+/t19-/m0/s1. The summed E-state index contributed by atoms with van der Waals surface area (Å²) in [6, 6.07) is 15.3. The van der Waals surface area contributed by atoms with Crippen LogP contribution < -0.4 is 0 Å². The van der Waals surface area contributed by atoms with Crippen molar-refractivity contribution in [2.24, 2.45) is 10.9 Å². The van der Waals surface area contributed by atoms with Crippen LogP contribution in [0.5, 0.6) is 0 Å². The number of esters is 1. The number of ether oxygens (including phenoxy) is 1. The molecular formula is C21H21FN2O2. The second-order valence-corrected chi connectivity index (χ2v) is 6.86. The molecule has 134 valence electrons. The highest BCUT2D eigenvalue weighted by atomic mass is 19.1. The van der Waals surface area contributed by atoms with Crippen molar-refractivity contribution in [3.05, 3.63) is 66.0 Å². The van der Waals surface area contributed by atoms with Crippen molar-refractivity contribution in [2.75, 3.05) is 19.6 Å². The largest absolute Gasteiger partial charge is 0.456 e. The van der Waals surface area contributed by atoms with Crippen LogP contribution in [0.1, 0.15) is 18.4 Å². The van der Waals surface area contributed by atoms with Crippen LogP contribution in [0.2, 0.25) is 0 Å². The van der Waals surface area contributed by atoms with Gasteiger partial charge in [-0.2, -0.15) is 0 Å². The Bertz CT molecular complexity index is 814. The molecule has 3 fully saturated rings. The van der Waals surface area contributed by atoms with Gasteiger partial charge in [0.25, 0.3) is 0 Å². The van der Waals surface area contributed by atoms with E-state index in [1.807, 2.05) is 18.2 Å². The summed E-state index contributed by atoms with van der Waals surface area (Å²) in [4.78, 5) is 19.6. The van der Waals surface area contributed by atoms with E-state index >= 15 is 0 Å². The number of fused-ring (bicyclic) bond motifs is 3. The zero-order valence-electron chi connectivity index (χ0n) is 14.5. The summed E-state index contributed by atoms with van der Waals surface area (Å²) in [6.07, 6.45) is 1.95. The number of piperidine rings is 3. The monoisotopic (exact) mass is 352 g/mol. The Morgan fingerprint density at radius 1 is 1.04 bits per heavy atom. The maximum absolute atomic E-state index is 14.3. The van der Waals surface area contributed by atoms with E-state index in [9.17, 15) is 9.18 Å². The molecule has 4 nitrogen and oxygen atoms in total. The molecule has 0 aromatic heterocycles. The molecule has 0 N–H and O–H groups in total. The van der Waals surface area contributed by atoms with Crippen LogP contribution in [-0.2, 0) is 9.53 Å². The Labute approximate surface area is 152 Å². The molecule has 2 bridgehead atoms. The predicted octanol–water partition coefficient (Wildman–Crippen LogP) is 3.58. The van der Waals surface area contributed by atoms with Gasteiger partial charge in [-0.1, -0.05) is 30.3 Å². The molecule has 3 aliphatic rings. The van der Waals surface area contributed by atoms with Gasteiger partial charge in [-0.3, -0.25) is 4.90 Å². The van der Waals surface area contributed by atoms with E-state index in [1.54, 1.807) is 30.3 Å². The molecule has 2 aromatic rings. The molecule has 0 spiro atoms. The average molecular weight is 352 g/mol. The van der Waals surface area contributed by atoms with E-state index in [4.69, 9.17) is 4.74 Å². The average Bonchev–Trinajstić information content (AvgIpc) is 2.68. The molecular weight excluding hydrogens is 331 g/mol. The van der Waals surface area contributed by atoms with Gasteiger partial charge < -0.3 is 4.74 Å². The molecule has 0 unspecified atom stereocenters. The fourth-order valence-electron chi connectivity index (χ4n) is 3.74. The Morgan fingerprint density at radius 3 is 2.38 bits per heavy atom. The fourth-order valence-corrected chi connectivity index (χ4v) is 3.74.